The lowest BCUT2D eigenvalue weighted by molar-refractivity contribution is 0.495. The number of nitrogens with zero attached hydrogens (tertiary/aromatic N) is 3. The SMILES string of the molecule is CN(c1ccc(-c2ccc(F)c(Cl)c2)c(-c2ccncc2)n1)C1NCCc2ccccc21. The zero-order chi connectivity index (χ0) is 22.1. The molecule has 3 heterocycles. The number of anilines is 1. The number of rotatable bonds is 4. The average molecular weight is 445 g/mol. The molecule has 0 saturated heterocycles. The molecule has 1 atom stereocenters. The van der Waals surface area contributed by atoms with Gasteiger partial charge in [-0.15, -0.1) is 0 Å². The molecule has 0 fully saturated rings. The van der Waals surface area contributed by atoms with Gasteiger partial charge in [-0.3, -0.25) is 10.3 Å². The van der Waals surface area contributed by atoms with E-state index in [-0.39, 0.29) is 11.2 Å². The molecule has 5 rings (SSSR count). The third-order valence-electron chi connectivity index (χ3n) is 5.90. The zero-order valence-electron chi connectivity index (χ0n) is 17.6. The standard InChI is InChI=1S/C26H22ClFN4/c1-32(26-21-5-3-2-4-17(21)12-15-30-26)24-9-7-20(19-6-8-23(28)22(27)16-19)25(31-24)18-10-13-29-14-11-18/h2-11,13-14,16,26,30H,12,15H2,1H3. The van der Waals surface area contributed by atoms with Crippen LogP contribution >= 0.6 is 11.6 Å². The highest BCUT2D eigenvalue weighted by Crippen LogP contribution is 2.36. The Bertz CT molecular complexity index is 1260. The van der Waals surface area contributed by atoms with Gasteiger partial charge >= 0.3 is 0 Å². The Morgan fingerprint density at radius 1 is 1.00 bits per heavy atom. The molecule has 0 saturated carbocycles. The van der Waals surface area contributed by atoms with Gasteiger partial charge in [0.1, 0.15) is 17.8 Å². The Balaban J connectivity index is 1.60. The quantitative estimate of drug-likeness (QED) is 0.426. The summed E-state index contributed by atoms with van der Waals surface area (Å²) >= 11 is 6.07. The van der Waals surface area contributed by atoms with Crippen LogP contribution in [0.4, 0.5) is 10.2 Å². The number of aromatic nitrogens is 2. The fraction of sp³-hybridized carbons (Fsp3) is 0.154. The van der Waals surface area contributed by atoms with E-state index >= 15 is 0 Å². The van der Waals surface area contributed by atoms with Gasteiger partial charge in [0.25, 0.3) is 0 Å². The van der Waals surface area contributed by atoms with Gasteiger partial charge in [0, 0.05) is 37.1 Å². The highest BCUT2D eigenvalue weighted by atomic mass is 35.5. The van der Waals surface area contributed by atoms with Crippen molar-refractivity contribution in [3.8, 4) is 22.4 Å². The van der Waals surface area contributed by atoms with Crippen molar-refractivity contribution in [3.05, 3.63) is 101 Å². The summed E-state index contributed by atoms with van der Waals surface area (Å²) in [6.07, 6.45) is 4.53. The predicted octanol–water partition coefficient (Wildman–Crippen LogP) is 5.88. The number of halogens is 2. The molecular weight excluding hydrogens is 423 g/mol. The fourth-order valence-electron chi connectivity index (χ4n) is 4.23. The average Bonchev–Trinajstić information content (AvgIpc) is 2.85. The molecule has 160 valence electrons. The van der Waals surface area contributed by atoms with Crippen LogP contribution in [0.2, 0.25) is 5.02 Å². The molecule has 4 aromatic rings. The van der Waals surface area contributed by atoms with Gasteiger partial charge in [0.2, 0.25) is 0 Å². The number of benzene rings is 2. The van der Waals surface area contributed by atoms with Crippen LogP contribution in [-0.4, -0.2) is 23.6 Å². The highest BCUT2D eigenvalue weighted by molar-refractivity contribution is 6.31. The minimum Gasteiger partial charge on any atom is -0.340 e. The Morgan fingerprint density at radius 3 is 2.62 bits per heavy atom. The van der Waals surface area contributed by atoms with Gasteiger partial charge in [-0.25, -0.2) is 9.37 Å². The van der Waals surface area contributed by atoms with Crippen LogP contribution in [0.25, 0.3) is 22.4 Å². The van der Waals surface area contributed by atoms with Crippen molar-refractivity contribution in [1.29, 1.82) is 0 Å². The molecule has 0 spiro atoms. The molecule has 1 aliphatic heterocycles. The topological polar surface area (TPSA) is 41.1 Å². The van der Waals surface area contributed by atoms with Crippen LogP contribution in [-0.2, 0) is 6.42 Å². The third-order valence-corrected chi connectivity index (χ3v) is 6.18. The monoisotopic (exact) mass is 444 g/mol. The molecule has 32 heavy (non-hydrogen) atoms. The Hall–Kier alpha value is -3.28. The lowest BCUT2D eigenvalue weighted by atomic mass is 9.97. The zero-order valence-corrected chi connectivity index (χ0v) is 18.4. The van der Waals surface area contributed by atoms with E-state index in [2.05, 4.69) is 39.5 Å². The van der Waals surface area contributed by atoms with Gasteiger partial charge in [-0.2, -0.15) is 0 Å². The van der Waals surface area contributed by atoms with Crippen molar-refractivity contribution >= 4 is 17.4 Å². The number of fused-ring (bicyclic) bond motifs is 1. The number of hydrogen-bond donors (Lipinski definition) is 1. The van der Waals surface area contributed by atoms with E-state index in [1.807, 2.05) is 31.3 Å². The van der Waals surface area contributed by atoms with E-state index in [0.717, 1.165) is 41.2 Å². The molecule has 2 aromatic carbocycles. The van der Waals surface area contributed by atoms with E-state index in [9.17, 15) is 4.39 Å². The molecule has 2 aromatic heterocycles. The van der Waals surface area contributed by atoms with Gasteiger partial charge in [-0.1, -0.05) is 41.9 Å². The first-order chi connectivity index (χ1) is 15.6. The number of hydrogen-bond acceptors (Lipinski definition) is 4. The molecule has 0 amide bonds. The van der Waals surface area contributed by atoms with Crippen LogP contribution in [0.15, 0.2) is 79.1 Å². The van der Waals surface area contributed by atoms with E-state index in [1.165, 1.54) is 17.2 Å². The summed E-state index contributed by atoms with van der Waals surface area (Å²) in [7, 11) is 2.05. The van der Waals surface area contributed by atoms with Crippen molar-refractivity contribution < 1.29 is 4.39 Å². The van der Waals surface area contributed by atoms with E-state index in [1.54, 1.807) is 24.5 Å². The predicted molar refractivity (Wildman–Crippen MR) is 127 cm³/mol. The van der Waals surface area contributed by atoms with Crippen molar-refractivity contribution in [3.63, 3.8) is 0 Å². The molecule has 0 radical (unpaired) electrons. The van der Waals surface area contributed by atoms with Gasteiger partial charge in [0.15, 0.2) is 0 Å². The second-order valence-electron chi connectivity index (χ2n) is 7.85. The smallest absolute Gasteiger partial charge is 0.141 e. The molecule has 6 heteroatoms. The molecule has 1 unspecified atom stereocenters. The van der Waals surface area contributed by atoms with Gasteiger partial charge in [0.05, 0.1) is 10.7 Å². The number of pyridine rings is 2. The van der Waals surface area contributed by atoms with E-state index < -0.39 is 5.82 Å². The largest absolute Gasteiger partial charge is 0.340 e. The summed E-state index contributed by atoms with van der Waals surface area (Å²) in [5.41, 5.74) is 6.04. The van der Waals surface area contributed by atoms with Crippen LogP contribution in [0, 0.1) is 5.82 Å². The summed E-state index contributed by atoms with van der Waals surface area (Å²) in [5.74, 6) is 0.398. The normalized spacial score (nSPS) is 15.3. The minimum atomic E-state index is -0.438. The van der Waals surface area contributed by atoms with Crippen molar-refractivity contribution in [2.45, 2.75) is 12.6 Å². The highest BCUT2D eigenvalue weighted by Gasteiger charge is 2.24. The van der Waals surface area contributed by atoms with Crippen LogP contribution in [0.3, 0.4) is 0 Å². The summed E-state index contributed by atoms with van der Waals surface area (Å²) in [4.78, 5) is 11.3. The van der Waals surface area contributed by atoms with Crippen molar-refractivity contribution in [2.75, 3.05) is 18.5 Å². The van der Waals surface area contributed by atoms with E-state index in [4.69, 9.17) is 16.6 Å². The molecule has 1 N–H and O–H groups in total. The second kappa shape index (κ2) is 8.69. The first-order valence-electron chi connectivity index (χ1n) is 10.5. The Morgan fingerprint density at radius 2 is 1.81 bits per heavy atom. The summed E-state index contributed by atoms with van der Waals surface area (Å²) in [5, 5.41) is 3.70. The van der Waals surface area contributed by atoms with Gasteiger partial charge in [-0.05, 0) is 59.5 Å². The minimum absolute atomic E-state index is 0.0313. The van der Waals surface area contributed by atoms with Crippen molar-refractivity contribution in [1.82, 2.24) is 15.3 Å². The number of nitrogens with one attached hydrogen (secondary N) is 1. The molecule has 0 aliphatic carbocycles. The van der Waals surface area contributed by atoms with Crippen molar-refractivity contribution in [2.24, 2.45) is 0 Å². The molecular formula is C26H22ClFN4. The Labute approximate surface area is 191 Å². The molecule has 4 nitrogen and oxygen atoms in total. The Kier molecular flexibility index (Phi) is 5.60. The van der Waals surface area contributed by atoms with E-state index in [0.29, 0.717) is 0 Å². The summed E-state index contributed by atoms with van der Waals surface area (Å²) in [6.45, 7) is 0.912. The van der Waals surface area contributed by atoms with Crippen LogP contribution in [0.5, 0.6) is 0 Å². The lowest BCUT2D eigenvalue weighted by Gasteiger charge is -2.35. The summed E-state index contributed by atoms with van der Waals surface area (Å²) < 4.78 is 13.8. The lowest BCUT2D eigenvalue weighted by Crippen LogP contribution is -2.41. The van der Waals surface area contributed by atoms with Crippen LogP contribution in [0.1, 0.15) is 17.3 Å². The van der Waals surface area contributed by atoms with Crippen LogP contribution < -0.4 is 10.2 Å². The maximum absolute atomic E-state index is 13.8. The second-order valence-corrected chi connectivity index (χ2v) is 8.25. The summed E-state index contributed by atoms with van der Waals surface area (Å²) in [6, 6.07) is 21.1. The van der Waals surface area contributed by atoms with Gasteiger partial charge < -0.3 is 4.90 Å². The fourth-order valence-corrected chi connectivity index (χ4v) is 4.41. The maximum Gasteiger partial charge on any atom is 0.141 e. The molecule has 1 aliphatic rings. The third kappa shape index (κ3) is 3.85. The molecule has 0 bridgehead atoms. The maximum atomic E-state index is 13.8. The first-order valence-corrected chi connectivity index (χ1v) is 10.9. The first kappa shape index (κ1) is 20.6.